The fourth-order valence-corrected chi connectivity index (χ4v) is 6.35. The van der Waals surface area contributed by atoms with Crippen LogP contribution in [-0.4, -0.2) is 12.2 Å². The van der Waals surface area contributed by atoms with Gasteiger partial charge in [0.2, 0.25) is 0 Å². The van der Waals surface area contributed by atoms with Crippen LogP contribution in [0.25, 0.3) is 0 Å². The van der Waals surface area contributed by atoms with Crippen LogP contribution in [0.15, 0.2) is 48.6 Å². The molecule has 0 heterocycles. The van der Waals surface area contributed by atoms with Crippen molar-refractivity contribution >= 4 is 0 Å². The van der Waals surface area contributed by atoms with Gasteiger partial charge in [-0.05, 0) is 94.4 Å². The second kappa shape index (κ2) is 15.6. The number of alkyl halides is 4. The van der Waals surface area contributed by atoms with Crippen LogP contribution in [0.3, 0.4) is 0 Å². The molecule has 0 aliphatic heterocycles. The maximum absolute atomic E-state index is 14.8. The van der Waals surface area contributed by atoms with E-state index in [1.165, 1.54) is 12.1 Å². The molecular formula is C35H43F7O2. The summed E-state index contributed by atoms with van der Waals surface area (Å²) in [4.78, 5) is 0. The Morgan fingerprint density at radius 2 is 1.30 bits per heavy atom. The van der Waals surface area contributed by atoms with Crippen LogP contribution in [0.1, 0.15) is 102 Å². The Labute approximate surface area is 256 Å². The van der Waals surface area contributed by atoms with E-state index >= 15 is 0 Å². The van der Waals surface area contributed by atoms with Crippen LogP contribution in [0.5, 0.6) is 5.75 Å². The number of allylic oxidation sites excluding steroid dienone is 2. The van der Waals surface area contributed by atoms with Crippen molar-refractivity contribution in [2.24, 2.45) is 17.8 Å². The number of hydrogen-bond donors (Lipinski definition) is 0. The molecule has 0 amide bonds. The number of aryl methyl sites for hydroxylation is 1. The van der Waals surface area contributed by atoms with E-state index in [1.54, 1.807) is 12.1 Å². The average molecular weight is 629 g/mol. The zero-order chi connectivity index (χ0) is 31.7. The highest BCUT2D eigenvalue weighted by atomic mass is 19.3. The fourth-order valence-electron chi connectivity index (χ4n) is 6.35. The molecule has 0 aromatic heterocycles. The summed E-state index contributed by atoms with van der Waals surface area (Å²) in [5.41, 5.74) is 0.956. The van der Waals surface area contributed by atoms with Gasteiger partial charge >= 0.3 is 12.2 Å². The summed E-state index contributed by atoms with van der Waals surface area (Å²) in [6.45, 7) is 2.13. The predicted octanol–water partition coefficient (Wildman–Crippen LogP) is 11.3. The first-order valence-corrected chi connectivity index (χ1v) is 16.0. The lowest BCUT2D eigenvalue weighted by atomic mass is 9.79. The molecule has 2 fully saturated rings. The highest BCUT2D eigenvalue weighted by Crippen LogP contribution is 2.42. The van der Waals surface area contributed by atoms with Crippen LogP contribution in [0.4, 0.5) is 30.7 Å². The Kier molecular flexibility index (Phi) is 12.2. The SMILES string of the molecule is CCCCCc1ccc(C(F)(F)OC2CCC(C/C=C\CC3CCC(C(F)(F)Oc4cc(F)c(F)c(F)c4)CC3)CC2)cc1. The van der Waals surface area contributed by atoms with Crippen molar-refractivity contribution in [3.05, 3.63) is 77.1 Å². The summed E-state index contributed by atoms with van der Waals surface area (Å²) in [5.74, 6) is -6.09. The lowest BCUT2D eigenvalue weighted by Crippen LogP contribution is -2.37. The minimum absolute atomic E-state index is 0.106. The molecule has 0 bridgehead atoms. The molecule has 0 unspecified atom stereocenters. The molecule has 0 radical (unpaired) electrons. The summed E-state index contributed by atoms with van der Waals surface area (Å²) in [7, 11) is 0. The standard InChI is InChI=1S/C35H43F7O2/c1-2-3-4-7-24-10-16-27(17-11-24)34(39,40)43-29-20-14-26(15-21-29)9-6-5-8-25-12-18-28(19-13-25)35(41,42)44-30-22-31(36)33(38)32(37)23-30/h5-6,10-11,16-17,22-23,25-26,28-29H,2-4,7-9,12-15,18-21H2,1H3/b6-5-. The van der Waals surface area contributed by atoms with Crippen molar-refractivity contribution in [3.63, 3.8) is 0 Å². The van der Waals surface area contributed by atoms with Crippen molar-refractivity contribution in [2.45, 2.75) is 115 Å². The van der Waals surface area contributed by atoms with Gasteiger partial charge in [-0.2, -0.15) is 17.6 Å². The molecule has 0 N–H and O–H groups in total. The van der Waals surface area contributed by atoms with Gasteiger partial charge in [0, 0.05) is 12.1 Å². The molecule has 244 valence electrons. The zero-order valence-corrected chi connectivity index (χ0v) is 25.3. The molecule has 2 aliphatic carbocycles. The van der Waals surface area contributed by atoms with Crippen molar-refractivity contribution in [1.82, 2.24) is 0 Å². The Hall–Kier alpha value is -2.55. The number of rotatable bonds is 14. The molecule has 0 spiro atoms. The quantitative estimate of drug-likeness (QED) is 0.0897. The highest BCUT2D eigenvalue weighted by Gasteiger charge is 2.44. The maximum atomic E-state index is 14.8. The van der Waals surface area contributed by atoms with Crippen LogP contribution >= 0.6 is 0 Å². The highest BCUT2D eigenvalue weighted by molar-refractivity contribution is 5.26. The third-order valence-corrected chi connectivity index (χ3v) is 9.11. The van der Waals surface area contributed by atoms with Crippen LogP contribution in [-0.2, 0) is 17.3 Å². The van der Waals surface area contributed by atoms with Crippen LogP contribution in [0.2, 0.25) is 0 Å². The predicted molar refractivity (Wildman–Crippen MR) is 156 cm³/mol. The van der Waals surface area contributed by atoms with E-state index in [1.807, 2.05) is 0 Å². The Morgan fingerprint density at radius 3 is 1.84 bits per heavy atom. The molecule has 2 saturated carbocycles. The molecule has 0 atom stereocenters. The van der Waals surface area contributed by atoms with Gasteiger partial charge in [0.1, 0.15) is 5.75 Å². The van der Waals surface area contributed by atoms with Gasteiger partial charge < -0.3 is 9.47 Å². The average Bonchev–Trinajstić information content (AvgIpc) is 2.99. The normalized spacial score (nSPS) is 23.3. The van der Waals surface area contributed by atoms with Crippen LogP contribution < -0.4 is 4.74 Å². The topological polar surface area (TPSA) is 18.5 Å². The first-order chi connectivity index (χ1) is 21.0. The molecule has 2 aromatic rings. The second-order valence-corrected chi connectivity index (χ2v) is 12.5. The van der Waals surface area contributed by atoms with E-state index in [0.29, 0.717) is 43.7 Å². The number of benzene rings is 2. The first kappa shape index (κ1) is 34.3. The Morgan fingerprint density at radius 1 is 0.750 bits per heavy atom. The lowest BCUT2D eigenvalue weighted by molar-refractivity contribution is -0.278. The van der Waals surface area contributed by atoms with Gasteiger partial charge in [-0.15, -0.1) is 0 Å². The largest absolute Gasteiger partial charge is 0.432 e. The monoisotopic (exact) mass is 628 g/mol. The molecule has 2 aromatic carbocycles. The van der Waals surface area contributed by atoms with E-state index in [-0.39, 0.29) is 24.3 Å². The van der Waals surface area contributed by atoms with E-state index in [0.717, 1.165) is 56.9 Å². The van der Waals surface area contributed by atoms with E-state index in [4.69, 9.17) is 4.74 Å². The summed E-state index contributed by atoms with van der Waals surface area (Å²) < 4.78 is 109. The van der Waals surface area contributed by atoms with E-state index < -0.39 is 47.4 Å². The Bertz CT molecular complexity index is 1180. The van der Waals surface area contributed by atoms with Crippen molar-refractivity contribution in [1.29, 1.82) is 0 Å². The number of unbranched alkanes of at least 4 members (excludes halogenated alkanes) is 2. The molecule has 4 rings (SSSR count). The molecule has 0 saturated heterocycles. The van der Waals surface area contributed by atoms with Gasteiger partial charge in [0.25, 0.3) is 0 Å². The summed E-state index contributed by atoms with van der Waals surface area (Å²) in [6, 6.07) is 7.33. The lowest BCUT2D eigenvalue weighted by Gasteiger charge is -2.33. The summed E-state index contributed by atoms with van der Waals surface area (Å²) in [5, 5.41) is 0. The molecule has 9 heteroatoms. The van der Waals surface area contributed by atoms with Gasteiger partial charge in [-0.25, -0.2) is 13.2 Å². The minimum Gasteiger partial charge on any atom is -0.432 e. The van der Waals surface area contributed by atoms with Crippen LogP contribution in [0, 0.1) is 35.2 Å². The Balaban J connectivity index is 1.13. The smallest absolute Gasteiger partial charge is 0.400 e. The molecular weight excluding hydrogens is 585 g/mol. The number of halogens is 7. The van der Waals surface area contributed by atoms with Crippen molar-refractivity contribution in [2.75, 3.05) is 0 Å². The first-order valence-electron chi connectivity index (χ1n) is 16.0. The zero-order valence-electron chi connectivity index (χ0n) is 25.3. The molecule has 44 heavy (non-hydrogen) atoms. The molecule has 2 nitrogen and oxygen atoms in total. The second-order valence-electron chi connectivity index (χ2n) is 12.5. The van der Waals surface area contributed by atoms with Gasteiger partial charge in [-0.1, -0.05) is 56.2 Å². The summed E-state index contributed by atoms with van der Waals surface area (Å²) >= 11 is 0. The van der Waals surface area contributed by atoms with Crippen molar-refractivity contribution in [3.8, 4) is 5.75 Å². The van der Waals surface area contributed by atoms with E-state index in [9.17, 15) is 30.7 Å². The third-order valence-electron chi connectivity index (χ3n) is 9.11. The third kappa shape index (κ3) is 9.72. The van der Waals surface area contributed by atoms with E-state index in [2.05, 4.69) is 23.8 Å². The summed E-state index contributed by atoms with van der Waals surface area (Å²) in [6.07, 6.45) is 6.88. The van der Waals surface area contributed by atoms with Gasteiger partial charge in [-0.3, -0.25) is 0 Å². The fraction of sp³-hybridized carbons (Fsp3) is 0.600. The van der Waals surface area contributed by atoms with Crippen molar-refractivity contribution < 1.29 is 40.2 Å². The molecule has 2 aliphatic rings. The van der Waals surface area contributed by atoms with Gasteiger partial charge in [0.15, 0.2) is 17.5 Å². The number of ether oxygens (including phenoxy) is 2. The van der Waals surface area contributed by atoms with Gasteiger partial charge in [0.05, 0.1) is 17.6 Å². The maximum Gasteiger partial charge on any atom is 0.400 e. The minimum atomic E-state index is -3.62. The number of hydrogen-bond acceptors (Lipinski definition) is 2.